The highest BCUT2D eigenvalue weighted by molar-refractivity contribution is 5.32. The summed E-state index contributed by atoms with van der Waals surface area (Å²) in [6.45, 7) is 5.16. The number of likely N-dealkylation sites (tertiary alicyclic amines) is 1. The Balaban J connectivity index is 1.49. The molecule has 26 heavy (non-hydrogen) atoms. The zero-order valence-electron chi connectivity index (χ0n) is 15.3. The van der Waals surface area contributed by atoms with Crippen LogP contribution in [0.5, 0.6) is 5.75 Å². The standard InChI is InChI=1S/C20H26N4O2/c1-25-18-5-2-4-16(14-18)19-6-3-9-24(19)15-17-7-8-21-20(22-17)23-10-12-26-13-11-23/h2,4-5,7-8,14,19H,3,6,9-13,15H2,1H3/t19-/m1/s1. The monoisotopic (exact) mass is 354 g/mol. The summed E-state index contributed by atoms with van der Waals surface area (Å²) in [5, 5.41) is 0. The van der Waals surface area contributed by atoms with Gasteiger partial charge < -0.3 is 14.4 Å². The Labute approximate surface area is 154 Å². The number of morpholine rings is 1. The van der Waals surface area contributed by atoms with Gasteiger partial charge in [-0.25, -0.2) is 9.97 Å². The average Bonchev–Trinajstić information content (AvgIpc) is 3.17. The first-order chi connectivity index (χ1) is 12.8. The number of benzene rings is 1. The van der Waals surface area contributed by atoms with Gasteiger partial charge in [0.05, 0.1) is 26.0 Å². The van der Waals surface area contributed by atoms with Gasteiger partial charge in [-0.15, -0.1) is 0 Å². The molecule has 138 valence electrons. The fourth-order valence-electron chi connectivity index (χ4n) is 3.84. The highest BCUT2D eigenvalue weighted by Crippen LogP contribution is 2.34. The summed E-state index contributed by atoms with van der Waals surface area (Å²) in [4.78, 5) is 14.0. The van der Waals surface area contributed by atoms with Crippen LogP contribution >= 0.6 is 0 Å². The number of nitrogens with zero attached hydrogens (tertiary/aromatic N) is 4. The molecule has 2 aliphatic heterocycles. The Kier molecular flexibility index (Phi) is 5.32. The molecule has 2 aromatic rings. The Morgan fingerprint density at radius 3 is 2.92 bits per heavy atom. The number of hydrogen-bond donors (Lipinski definition) is 0. The molecule has 0 saturated carbocycles. The second kappa shape index (κ2) is 8.01. The lowest BCUT2D eigenvalue weighted by atomic mass is 10.0. The van der Waals surface area contributed by atoms with Crippen LogP contribution in [0.25, 0.3) is 0 Å². The predicted octanol–water partition coefficient (Wildman–Crippen LogP) is 2.66. The molecule has 2 aliphatic rings. The first-order valence-electron chi connectivity index (χ1n) is 9.36. The van der Waals surface area contributed by atoms with Gasteiger partial charge in [0.2, 0.25) is 5.95 Å². The van der Waals surface area contributed by atoms with Gasteiger partial charge in [-0.1, -0.05) is 12.1 Å². The minimum Gasteiger partial charge on any atom is -0.497 e. The molecule has 1 atom stereocenters. The second-order valence-corrected chi connectivity index (χ2v) is 6.85. The summed E-state index contributed by atoms with van der Waals surface area (Å²) in [6, 6.07) is 10.9. The molecule has 0 N–H and O–H groups in total. The van der Waals surface area contributed by atoms with Gasteiger partial charge in [0.25, 0.3) is 0 Å². The van der Waals surface area contributed by atoms with E-state index in [1.165, 1.54) is 18.4 Å². The summed E-state index contributed by atoms with van der Waals surface area (Å²) in [6.07, 6.45) is 4.27. The van der Waals surface area contributed by atoms with Crippen molar-refractivity contribution in [3.05, 3.63) is 47.8 Å². The van der Waals surface area contributed by atoms with Gasteiger partial charge >= 0.3 is 0 Å². The normalized spacial score (nSPS) is 21.1. The lowest BCUT2D eigenvalue weighted by molar-refractivity contribution is 0.122. The first-order valence-corrected chi connectivity index (χ1v) is 9.36. The molecular formula is C20H26N4O2. The minimum absolute atomic E-state index is 0.423. The van der Waals surface area contributed by atoms with Gasteiger partial charge in [0, 0.05) is 31.9 Å². The SMILES string of the molecule is COc1cccc([C@H]2CCCN2Cc2ccnc(N3CCOCC3)n2)c1. The van der Waals surface area contributed by atoms with Crippen molar-refractivity contribution in [1.82, 2.24) is 14.9 Å². The van der Waals surface area contributed by atoms with Crippen LogP contribution in [0.2, 0.25) is 0 Å². The van der Waals surface area contributed by atoms with Crippen LogP contribution in [0.15, 0.2) is 36.5 Å². The lowest BCUT2D eigenvalue weighted by Gasteiger charge is -2.28. The quantitative estimate of drug-likeness (QED) is 0.823. The third-order valence-electron chi connectivity index (χ3n) is 5.20. The van der Waals surface area contributed by atoms with Gasteiger partial charge in [0.15, 0.2) is 0 Å². The van der Waals surface area contributed by atoms with Crippen LogP contribution in [0, 0.1) is 0 Å². The van der Waals surface area contributed by atoms with E-state index in [4.69, 9.17) is 14.5 Å². The Bertz CT molecular complexity index is 733. The summed E-state index contributed by atoms with van der Waals surface area (Å²) in [7, 11) is 1.72. The fourth-order valence-corrected chi connectivity index (χ4v) is 3.84. The Hall–Kier alpha value is -2.18. The number of anilines is 1. The van der Waals surface area contributed by atoms with Crippen LogP contribution in [0.4, 0.5) is 5.95 Å². The van der Waals surface area contributed by atoms with Gasteiger partial charge in [-0.2, -0.15) is 0 Å². The molecule has 2 fully saturated rings. The lowest BCUT2D eigenvalue weighted by Crippen LogP contribution is -2.37. The molecule has 0 radical (unpaired) electrons. The van der Waals surface area contributed by atoms with Crippen molar-refractivity contribution in [3.63, 3.8) is 0 Å². The van der Waals surface area contributed by atoms with Gasteiger partial charge in [-0.3, -0.25) is 4.90 Å². The number of ether oxygens (including phenoxy) is 2. The van der Waals surface area contributed by atoms with Crippen molar-refractivity contribution in [2.45, 2.75) is 25.4 Å². The second-order valence-electron chi connectivity index (χ2n) is 6.85. The first kappa shape index (κ1) is 17.2. The summed E-state index contributed by atoms with van der Waals surface area (Å²) in [5.41, 5.74) is 2.40. The van der Waals surface area contributed by atoms with Gasteiger partial charge in [0.1, 0.15) is 5.75 Å². The summed E-state index contributed by atoms with van der Waals surface area (Å²) in [5.74, 6) is 1.74. The van der Waals surface area contributed by atoms with E-state index in [1.54, 1.807) is 7.11 Å². The van der Waals surface area contributed by atoms with Crippen molar-refractivity contribution in [2.24, 2.45) is 0 Å². The molecule has 0 spiro atoms. The molecule has 6 nitrogen and oxygen atoms in total. The molecule has 0 unspecified atom stereocenters. The van der Waals surface area contributed by atoms with Crippen molar-refractivity contribution < 1.29 is 9.47 Å². The summed E-state index contributed by atoms with van der Waals surface area (Å²) < 4.78 is 10.8. The molecule has 0 bridgehead atoms. The van der Waals surface area contributed by atoms with E-state index in [1.807, 2.05) is 18.3 Å². The van der Waals surface area contributed by atoms with E-state index in [-0.39, 0.29) is 0 Å². The smallest absolute Gasteiger partial charge is 0.225 e. The van der Waals surface area contributed by atoms with Crippen LogP contribution in [0.3, 0.4) is 0 Å². The van der Waals surface area contributed by atoms with E-state index < -0.39 is 0 Å². The van der Waals surface area contributed by atoms with E-state index in [9.17, 15) is 0 Å². The molecule has 0 aliphatic carbocycles. The molecule has 3 heterocycles. The highest BCUT2D eigenvalue weighted by Gasteiger charge is 2.27. The molecule has 2 saturated heterocycles. The molecule has 1 aromatic heterocycles. The van der Waals surface area contributed by atoms with Crippen LogP contribution < -0.4 is 9.64 Å². The van der Waals surface area contributed by atoms with E-state index in [2.05, 4.69) is 33.0 Å². The molecule has 4 rings (SSSR count). The van der Waals surface area contributed by atoms with E-state index >= 15 is 0 Å². The third kappa shape index (κ3) is 3.81. The van der Waals surface area contributed by atoms with Crippen LogP contribution in [-0.4, -0.2) is 54.8 Å². The average molecular weight is 354 g/mol. The molecular weight excluding hydrogens is 328 g/mol. The number of methoxy groups -OCH3 is 1. The van der Waals surface area contributed by atoms with Crippen LogP contribution in [-0.2, 0) is 11.3 Å². The topological polar surface area (TPSA) is 50.7 Å². The van der Waals surface area contributed by atoms with Crippen molar-refractivity contribution in [1.29, 1.82) is 0 Å². The Morgan fingerprint density at radius 1 is 1.19 bits per heavy atom. The third-order valence-corrected chi connectivity index (χ3v) is 5.20. The largest absolute Gasteiger partial charge is 0.497 e. The zero-order chi connectivity index (χ0) is 17.8. The zero-order valence-corrected chi connectivity index (χ0v) is 15.3. The maximum absolute atomic E-state index is 5.43. The van der Waals surface area contributed by atoms with Gasteiger partial charge in [-0.05, 0) is 43.1 Å². The van der Waals surface area contributed by atoms with Crippen molar-refractivity contribution in [3.8, 4) is 5.75 Å². The van der Waals surface area contributed by atoms with E-state index in [0.29, 0.717) is 6.04 Å². The maximum atomic E-state index is 5.43. The molecule has 0 amide bonds. The molecule has 6 heteroatoms. The number of aromatic nitrogens is 2. The predicted molar refractivity (Wildman–Crippen MR) is 100 cm³/mol. The summed E-state index contributed by atoms with van der Waals surface area (Å²) >= 11 is 0. The highest BCUT2D eigenvalue weighted by atomic mass is 16.5. The minimum atomic E-state index is 0.423. The Morgan fingerprint density at radius 2 is 2.08 bits per heavy atom. The molecule has 1 aromatic carbocycles. The maximum Gasteiger partial charge on any atom is 0.225 e. The van der Waals surface area contributed by atoms with E-state index in [0.717, 1.165) is 56.8 Å². The van der Waals surface area contributed by atoms with Crippen molar-refractivity contribution >= 4 is 5.95 Å². The van der Waals surface area contributed by atoms with Crippen LogP contribution in [0.1, 0.15) is 30.1 Å². The number of hydrogen-bond acceptors (Lipinski definition) is 6. The number of rotatable bonds is 5. The van der Waals surface area contributed by atoms with Crippen molar-refractivity contribution in [2.75, 3.05) is 44.9 Å². The fraction of sp³-hybridized carbons (Fsp3) is 0.500.